The number of nitrogens with zero attached hydrogens (tertiary/aromatic N) is 1. The molecule has 25 heavy (non-hydrogen) atoms. The zero-order valence-corrected chi connectivity index (χ0v) is 16.4. The molecule has 6 nitrogen and oxygen atoms in total. The Morgan fingerprint density at radius 1 is 1.28 bits per heavy atom. The summed E-state index contributed by atoms with van der Waals surface area (Å²) in [4.78, 5) is 4.22. The lowest BCUT2D eigenvalue weighted by Gasteiger charge is -2.19. The second-order valence-corrected chi connectivity index (χ2v) is 8.83. The van der Waals surface area contributed by atoms with E-state index in [1.165, 1.54) is 5.56 Å². The highest BCUT2D eigenvalue weighted by Crippen LogP contribution is 2.48. The van der Waals surface area contributed by atoms with E-state index < -0.39 is 10.0 Å². The first-order chi connectivity index (χ1) is 11.9. The zero-order chi connectivity index (χ0) is 18.3. The second-order valence-electron chi connectivity index (χ2n) is 6.29. The van der Waals surface area contributed by atoms with E-state index in [9.17, 15) is 8.42 Å². The van der Waals surface area contributed by atoms with Crippen molar-refractivity contribution in [1.82, 2.24) is 15.4 Å². The Balaban J connectivity index is 1.74. The number of rotatable bonds is 9. The molecule has 1 aromatic rings. The molecule has 0 atom stereocenters. The minimum atomic E-state index is -3.12. The standard InChI is InChI=1S/C17H27ClN4O2S/c1-3-25(23,24)22-11-5-10-20-16(19-2)21-13-17(8-9-17)14-6-4-7-15(18)12-14/h4,6-7,12,22H,3,5,8-11,13H2,1-2H3,(H2,19,20,21). The SMILES string of the molecule is CCS(=O)(=O)NCCCNC(=NC)NCC1(c2cccc(Cl)c2)CC1. The van der Waals surface area contributed by atoms with Crippen molar-refractivity contribution in [2.45, 2.75) is 31.6 Å². The average Bonchev–Trinajstić information content (AvgIpc) is 3.38. The molecule has 1 aliphatic rings. The number of benzene rings is 1. The molecule has 0 amide bonds. The highest BCUT2D eigenvalue weighted by Gasteiger charge is 2.44. The Kier molecular flexibility index (Phi) is 7.10. The number of halogens is 1. The molecule has 0 radical (unpaired) electrons. The number of hydrogen-bond acceptors (Lipinski definition) is 3. The molecule has 0 spiro atoms. The predicted octanol–water partition coefficient (Wildman–Crippen LogP) is 1.87. The number of guanidine groups is 1. The van der Waals surface area contributed by atoms with Gasteiger partial charge in [0.05, 0.1) is 5.75 Å². The molecule has 2 rings (SSSR count). The summed E-state index contributed by atoms with van der Waals surface area (Å²) < 4.78 is 25.3. The van der Waals surface area contributed by atoms with Gasteiger partial charge in [0.2, 0.25) is 10.0 Å². The van der Waals surface area contributed by atoms with E-state index in [1.807, 2.05) is 18.2 Å². The van der Waals surface area contributed by atoms with Crippen LogP contribution in [0.3, 0.4) is 0 Å². The molecular weight excluding hydrogens is 360 g/mol. The summed E-state index contributed by atoms with van der Waals surface area (Å²) >= 11 is 6.10. The molecule has 1 saturated carbocycles. The molecule has 0 aliphatic heterocycles. The maximum Gasteiger partial charge on any atom is 0.211 e. The van der Waals surface area contributed by atoms with Crippen LogP contribution >= 0.6 is 11.6 Å². The van der Waals surface area contributed by atoms with Crippen LogP contribution in [0.25, 0.3) is 0 Å². The van der Waals surface area contributed by atoms with Gasteiger partial charge in [-0.05, 0) is 43.9 Å². The summed E-state index contributed by atoms with van der Waals surface area (Å²) in [5.74, 6) is 0.835. The third-order valence-corrected chi connectivity index (χ3v) is 6.10. The van der Waals surface area contributed by atoms with Crippen molar-refractivity contribution in [3.05, 3.63) is 34.9 Å². The van der Waals surface area contributed by atoms with Crippen LogP contribution in [0, 0.1) is 0 Å². The van der Waals surface area contributed by atoms with Gasteiger partial charge in [0.1, 0.15) is 0 Å². The fourth-order valence-corrected chi connectivity index (χ4v) is 3.48. The van der Waals surface area contributed by atoms with Crippen molar-refractivity contribution in [3.8, 4) is 0 Å². The maximum absolute atomic E-state index is 11.4. The molecule has 1 aliphatic carbocycles. The monoisotopic (exact) mass is 386 g/mol. The quantitative estimate of drug-likeness (QED) is 0.343. The summed E-state index contributed by atoms with van der Waals surface area (Å²) in [6.45, 7) is 3.50. The van der Waals surface area contributed by atoms with Gasteiger partial charge in [-0.15, -0.1) is 0 Å². The van der Waals surface area contributed by atoms with Gasteiger partial charge < -0.3 is 10.6 Å². The van der Waals surface area contributed by atoms with Crippen molar-refractivity contribution in [3.63, 3.8) is 0 Å². The first kappa shape index (κ1) is 20.0. The molecule has 0 bridgehead atoms. The van der Waals surface area contributed by atoms with E-state index in [0.29, 0.717) is 19.5 Å². The fraction of sp³-hybridized carbons (Fsp3) is 0.588. The molecule has 3 N–H and O–H groups in total. The summed E-state index contributed by atoms with van der Waals surface area (Å²) in [6.07, 6.45) is 2.96. The smallest absolute Gasteiger partial charge is 0.211 e. The van der Waals surface area contributed by atoms with Crippen molar-refractivity contribution < 1.29 is 8.42 Å². The lowest BCUT2D eigenvalue weighted by Crippen LogP contribution is -2.42. The van der Waals surface area contributed by atoms with E-state index in [1.54, 1.807) is 14.0 Å². The lowest BCUT2D eigenvalue weighted by molar-refractivity contribution is 0.579. The Bertz CT molecular complexity index is 702. The van der Waals surface area contributed by atoms with Crippen LogP contribution in [0.2, 0.25) is 5.02 Å². The molecule has 1 fully saturated rings. The largest absolute Gasteiger partial charge is 0.356 e. The minimum Gasteiger partial charge on any atom is -0.356 e. The normalized spacial score (nSPS) is 16.5. The van der Waals surface area contributed by atoms with E-state index in [0.717, 1.165) is 30.4 Å². The Morgan fingerprint density at radius 3 is 2.64 bits per heavy atom. The second kappa shape index (κ2) is 8.87. The van der Waals surface area contributed by atoms with E-state index in [-0.39, 0.29) is 11.2 Å². The molecule has 0 saturated heterocycles. The van der Waals surface area contributed by atoms with Crippen LogP contribution in [0.4, 0.5) is 0 Å². The number of aliphatic imine (C=N–C) groups is 1. The van der Waals surface area contributed by atoms with Gasteiger partial charge in [0, 0.05) is 37.1 Å². The van der Waals surface area contributed by atoms with Crippen LogP contribution in [-0.4, -0.2) is 46.8 Å². The first-order valence-corrected chi connectivity index (χ1v) is 10.6. The van der Waals surface area contributed by atoms with Gasteiger partial charge in [-0.25, -0.2) is 13.1 Å². The van der Waals surface area contributed by atoms with Crippen LogP contribution < -0.4 is 15.4 Å². The number of sulfonamides is 1. The van der Waals surface area contributed by atoms with E-state index >= 15 is 0 Å². The Hall–Kier alpha value is -1.31. The molecule has 0 aromatic heterocycles. The third kappa shape index (κ3) is 6.17. The lowest BCUT2D eigenvalue weighted by atomic mass is 9.96. The van der Waals surface area contributed by atoms with Crippen LogP contribution in [0.1, 0.15) is 31.7 Å². The summed E-state index contributed by atoms with van der Waals surface area (Å²) in [5, 5.41) is 7.35. The molecule has 8 heteroatoms. The van der Waals surface area contributed by atoms with Gasteiger partial charge >= 0.3 is 0 Å². The molecule has 0 unspecified atom stereocenters. The zero-order valence-electron chi connectivity index (χ0n) is 14.8. The summed E-state index contributed by atoms with van der Waals surface area (Å²) in [5.41, 5.74) is 1.40. The molecule has 0 heterocycles. The molecule has 1 aromatic carbocycles. The average molecular weight is 387 g/mol. The van der Waals surface area contributed by atoms with Crippen molar-refractivity contribution in [2.24, 2.45) is 4.99 Å². The van der Waals surface area contributed by atoms with Gasteiger partial charge in [-0.2, -0.15) is 0 Å². The van der Waals surface area contributed by atoms with Crippen molar-refractivity contribution >= 4 is 27.6 Å². The molecule has 140 valence electrons. The number of nitrogens with one attached hydrogen (secondary N) is 3. The van der Waals surface area contributed by atoms with Gasteiger partial charge in [-0.1, -0.05) is 23.7 Å². The van der Waals surface area contributed by atoms with Crippen LogP contribution in [0.15, 0.2) is 29.3 Å². The maximum atomic E-state index is 11.4. The first-order valence-electron chi connectivity index (χ1n) is 8.59. The van der Waals surface area contributed by atoms with Gasteiger partial charge in [0.25, 0.3) is 0 Å². The van der Waals surface area contributed by atoms with E-state index in [4.69, 9.17) is 11.6 Å². The summed E-state index contributed by atoms with van der Waals surface area (Å²) in [6, 6.07) is 8.03. The van der Waals surface area contributed by atoms with Gasteiger partial charge in [-0.3, -0.25) is 4.99 Å². The predicted molar refractivity (Wildman–Crippen MR) is 104 cm³/mol. The van der Waals surface area contributed by atoms with Gasteiger partial charge in [0.15, 0.2) is 5.96 Å². The van der Waals surface area contributed by atoms with Crippen LogP contribution in [0.5, 0.6) is 0 Å². The summed E-state index contributed by atoms with van der Waals surface area (Å²) in [7, 11) is -1.39. The molecular formula is C17H27ClN4O2S. The fourth-order valence-electron chi connectivity index (χ4n) is 2.64. The van der Waals surface area contributed by atoms with Crippen LogP contribution in [-0.2, 0) is 15.4 Å². The third-order valence-electron chi connectivity index (χ3n) is 4.46. The Morgan fingerprint density at radius 2 is 2.04 bits per heavy atom. The van der Waals surface area contributed by atoms with Crippen molar-refractivity contribution in [2.75, 3.05) is 32.4 Å². The van der Waals surface area contributed by atoms with Crippen molar-refractivity contribution in [1.29, 1.82) is 0 Å². The highest BCUT2D eigenvalue weighted by atomic mass is 35.5. The highest BCUT2D eigenvalue weighted by molar-refractivity contribution is 7.89. The van der Waals surface area contributed by atoms with E-state index in [2.05, 4.69) is 26.4 Å². The number of hydrogen-bond donors (Lipinski definition) is 3. The minimum absolute atomic E-state index is 0.106. The topological polar surface area (TPSA) is 82.6 Å². The Labute approximate surface area is 155 Å².